The molecule has 1 aromatic carbocycles. The minimum atomic E-state index is -3.54. The van der Waals surface area contributed by atoms with Gasteiger partial charge in [-0.3, -0.25) is 0 Å². The van der Waals surface area contributed by atoms with E-state index < -0.39 is 15.6 Å². The molecule has 0 radical (unpaired) electrons. The van der Waals surface area contributed by atoms with Crippen LogP contribution in [0, 0.1) is 0 Å². The fourth-order valence-corrected chi connectivity index (χ4v) is 5.87. The molecule has 1 aliphatic carbocycles. The zero-order chi connectivity index (χ0) is 19.1. The van der Waals surface area contributed by atoms with E-state index in [4.69, 9.17) is 10.3 Å². The Labute approximate surface area is 172 Å². The monoisotopic (exact) mass is 426 g/mol. The Hall–Kier alpha value is -1.48. The van der Waals surface area contributed by atoms with Crippen LogP contribution >= 0.6 is 12.4 Å². The summed E-state index contributed by atoms with van der Waals surface area (Å²) in [5.74, 6) is 0.818. The molecular weight excluding hydrogens is 400 g/mol. The predicted molar refractivity (Wildman–Crippen MR) is 109 cm³/mol. The number of halogens is 1. The highest BCUT2D eigenvalue weighted by molar-refractivity contribution is 7.89. The summed E-state index contributed by atoms with van der Waals surface area (Å²) in [6, 6.07) is 6.76. The molecule has 1 atom stereocenters. The number of nitrogens with two attached hydrogens (primary N) is 1. The third-order valence-corrected chi connectivity index (χ3v) is 7.81. The van der Waals surface area contributed by atoms with Crippen molar-refractivity contribution in [2.45, 2.75) is 68.3 Å². The normalized spacial score (nSPS) is 22.7. The summed E-state index contributed by atoms with van der Waals surface area (Å²) in [5.41, 5.74) is 6.46. The van der Waals surface area contributed by atoms with E-state index in [-0.39, 0.29) is 23.3 Å². The van der Waals surface area contributed by atoms with Crippen LogP contribution in [0.25, 0.3) is 11.5 Å². The number of nitrogens with zero attached hydrogens (tertiary/aromatic N) is 3. The van der Waals surface area contributed by atoms with E-state index in [0.717, 1.165) is 44.9 Å². The maximum atomic E-state index is 13.1. The zero-order valence-electron chi connectivity index (χ0n) is 16.0. The van der Waals surface area contributed by atoms with Gasteiger partial charge in [-0.05, 0) is 50.8 Å². The molecule has 1 saturated heterocycles. The van der Waals surface area contributed by atoms with Gasteiger partial charge in [0.2, 0.25) is 10.0 Å². The molecule has 2 aliphatic rings. The maximum absolute atomic E-state index is 13.1. The molecule has 1 aliphatic heterocycles. The van der Waals surface area contributed by atoms with E-state index in [2.05, 4.69) is 10.1 Å². The highest BCUT2D eigenvalue weighted by Gasteiger charge is 2.36. The van der Waals surface area contributed by atoms with Gasteiger partial charge in [-0.15, -0.1) is 12.4 Å². The number of piperidine rings is 1. The molecule has 2 heterocycles. The maximum Gasteiger partial charge on any atom is 0.258 e. The van der Waals surface area contributed by atoms with Crippen molar-refractivity contribution in [2.24, 2.45) is 5.73 Å². The molecule has 0 spiro atoms. The highest BCUT2D eigenvalue weighted by Crippen LogP contribution is 2.35. The van der Waals surface area contributed by atoms with E-state index in [9.17, 15) is 8.42 Å². The lowest BCUT2D eigenvalue weighted by atomic mass is 9.99. The molecule has 0 amide bonds. The Morgan fingerprint density at radius 1 is 1.21 bits per heavy atom. The van der Waals surface area contributed by atoms with Crippen LogP contribution in [0.15, 0.2) is 33.7 Å². The van der Waals surface area contributed by atoms with E-state index in [1.54, 1.807) is 28.6 Å². The molecule has 9 heteroatoms. The van der Waals surface area contributed by atoms with E-state index in [0.29, 0.717) is 23.8 Å². The topological polar surface area (TPSA) is 102 Å². The average molecular weight is 427 g/mol. The van der Waals surface area contributed by atoms with Gasteiger partial charge in [0.1, 0.15) is 0 Å². The lowest BCUT2D eigenvalue weighted by molar-refractivity contribution is 0.268. The first kappa shape index (κ1) is 21.2. The lowest BCUT2D eigenvalue weighted by Crippen LogP contribution is -2.41. The fourth-order valence-electron chi connectivity index (χ4n) is 4.13. The molecule has 154 valence electrons. The van der Waals surface area contributed by atoms with E-state index in [1.165, 1.54) is 0 Å². The van der Waals surface area contributed by atoms with Crippen molar-refractivity contribution in [3.05, 3.63) is 30.1 Å². The zero-order valence-corrected chi connectivity index (χ0v) is 17.6. The average Bonchev–Trinajstić information content (AvgIpc) is 3.32. The number of aromatic nitrogens is 2. The Bertz CT molecular complexity index is 925. The Morgan fingerprint density at radius 3 is 2.68 bits per heavy atom. The highest BCUT2D eigenvalue weighted by atomic mass is 35.5. The van der Waals surface area contributed by atoms with Crippen molar-refractivity contribution >= 4 is 22.4 Å². The minimum Gasteiger partial charge on any atom is -0.334 e. The van der Waals surface area contributed by atoms with Gasteiger partial charge in [0.15, 0.2) is 5.82 Å². The van der Waals surface area contributed by atoms with Gasteiger partial charge in [0.25, 0.3) is 5.89 Å². The van der Waals surface area contributed by atoms with Crippen LogP contribution in [-0.2, 0) is 15.6 Å². The molecular formula is C19H27ClN4O3S. The van der Waals surface area contributed by atoms with Gasteiger partial charge in [0.05, 0.1) is 10.4 Å². The summed E-state index contributed by atoms with van der Waals surface area (Å²) < 4.78 is 33.2. The van der Waals surface area contributed by atoms with Gasteiger partial charge in [0, 0.05) is 18.2 Å². The van der Waals surface area contributed by atoms with Crippen molar-refractivity contribution in [1.29, 1.82) is 0 Å². The van der Waals surface area contributed by atoms with Crippen molar-refractivity contribution in [1.82, 2.24) is 14.4 Å². The molecule has 2 N–H and O–H groups in total. The molecule has 1 aromatic heterocycles. The smallest absolute Gasteiger partial charge is 0.258 e. The molecule has 1 unspecified atom stereocenters. The quantitative estimate of drug-likeness (QED) is 0.803. The van der Waals surface area contributed by atoms with Gasteiger partial charge >= 0.3 is 0 Å². The van der Waals surface area contributed by atoms with Gasteiger partial charge in [-0.1, -0.05) is 30.5 Å². The SMILES string of the molecule is CC1CCCCN1S(=O)(=O)c1cccc(-c2nc(C3(N)CCCC3)no2)c1.Cl. The molecule has 0 bridgehead atoms. The number of sulfonamides is 1. The number of hydrogen-bond acceptors (Lipinski definition) is 6. The number of rotatable bonds is 4. The first-order valence-electron chi connectivity index (χ1n) is 9.65. The van der Waals surface area contributed by atoms with E-state index in [1.807, 2.05) is 6.92 Å². The second-order valence-corrected chi connectivity index (χ2v) is 9.67. The van der Waals surface area contributed by atoms with Crippen LogP contribution in [-0.4, -0.2) is 35.5 Å². The number of hydrogen-bond donors (Lipinski definition) is 1. The van der Waals surface area contributed by atoms with Gasteiger partial charge < -0.3 is 10.3 Å². The van der Waals surface area contributed by atoms with Crippen molar-refractivity contribution in [3.8, 4) is 11.5 Å². The summed E-state index contributed by atoms with van der Waals surface area (Å²) in [6.45, 7) is 2.53. The summed E-state index contributed by atoms with van der Waals surface area (Å²) in [6.07, 6.45) is 6.66. The van der Waals surface area contributed by atoms with Gasteiger partial charge in [-0.2, -0.15) is 9.29 Å². The molecule has 7 nitrogen and oxygen atoms in total. The predicted octanol–water partition coefficient (Wildman–Crippen LogP) is 3.45. The molecule has 28 heavy (non-hydrogen) atoms. The first-order chi connectivity index (χ1) is 12.9. The van der Waals surface area contributed by atoms with Crippen LogP contribution < -0.4 is 5.73 Å². The van der Waals surface area contributed by atoms with Gasteiger partial charge in [-0.25, -0.2) is 8.42 Å². The second-order valence-electron chi connectivity index (χ2n) is 7.77. The third kappa shape index (κ3) is 3.83. The minimum absolute atomic E-state index is 0. The largest absolute Gasteiger partial charge is 0.334 e. The molecule has 2 fully saturated rings. The van der Waals surface area contributed by atoms with Crippen molar-refractivity contribution < 1.29 is 12.9 Å². The van der Waals surface area contributed by atoms with Crippen LogP contribution in [0.3, 0.4) is 0 Å². The summed E-state index contributed by atoms with van der Waals surface area (Å²) in [5, 5.41) is 4.07. The van der Waals surface area contributed by atoms with Crippen molar-refractivity contribution in [2.75, 3.05) is 6.54 Å². The van der Waals surface area contributed by atoms with Crippen LogP contribution in [0.5, 0.6) is 0 Å². The van der Waals surface area contributed by atoms with Crippen LogP contribution in [0.2, 0.25) is 0 Å². The molecule has 1 saturated carbocycles. The Balaban J connectivity index is 0.00000225. The molecule has 2 aromatic rings. The lowest BCUT2D eigenvalue weighted by Gasteiger charge is -2.32. The first-order valence-corrected chi connectivity index (χ1v) is 11.1. The van der Waals surface area contributed by atoms with E-state index >= 15 is 0 Å². The standard InChI is InChI=1S/C19H26N4O3S.ClH/c1-14-7-2-5-12-23(14)27(24,25)16-9-6-8-15(13-16)17-21-18(22-26-17)19(20)10-3-4-11-19;/h6,8-9,13-14H,2-5,7,10-12,20H2,1H3;1H. The third-order valence-electron chi connectivity index (χ3n) is 5.80. The Morgan fingerprint density at radius 2 is 1.96 bits per heavy atom. The summed E-state index contributed by atoms with van der Waals surface area (Å²) in [7, 11) is -3.54. The summed E-state index contributed by atoms with van der Waals surface area (Å²) in [4.78, 5) is 4.73. The van der Waals surface area contributed by atoms with Crippen LogP contribution in [0.1, 0.15) is 57.7 Å². The van der Waals surface area contributed by atoms with Crippen molar-refractivity contribution in [3.63, 3.8) is 0 Å². The number of benzene rings is 1. The second kappa shape index (κ2) is 8.10. The Kier molecular flexibility index (Phi) is 6.14. The fraction of sp³-hybridized carbons (Fsp3) is 0.579. The van der Waals surface area contributed by atoms with Crippen LogP contribution in [0.4, 0.5) is 0 Å². The summed E-state index contributed by atoms with van der Waals surface area (Å²) >= 11 is 0. The molecule has 4 rings (SSSR count).